The number of nitrogens with one attached hydrogen (secondary N) is 1. The highest BCUT2D eigenvalue weighted by Crippen LogP contribution is 2.35. The van der Waals surface area contributed by atoms with Crippen LogP contribution in [0, 0.1) is 20.8 Å². The lowest BCUT2D eigenvalue weighted by Crippen LogP contribution is -2.33. The third kappa shape index (κ3) is 4.51. The summed E-state index contributed by atoms with van der Waals surface area (Å²) in [7, 11) is 0. The summed E-state index contributed by atoms with van der Waals surface area (Å²) in [6.45, 7) is 8.60. The Morgan fingerprint density at radius 3 is 2.75 bits per heavy atom. The lowest BCUT2D eigenvalue weighted by Gasteiger charge is -2.20. The van der Waals surface area contributed by atoms with Crippen LogP contribution in [0.4, 0.5) is 0 Å². The van der Waals surface area contributed by atoms with Crippen molar-refractivity contribution in [3.8, 4) is 0 Å². The molecule has 3 heterocycles. The van der Waals surface area contributed by atoms with Crippen molar-refractivity contribution >= 4 is 61.7 Å². The molecule has 1 amide bonds. The van der Waals surface area contributed by atoms with Crippen LogP contribution in [0.5, 0.6) is 0 Å². The minimum atomic E-state index is -0.248. The fraction of sp³-hybridized carbons (Fsp3) is 0.318. The van der Waals surface area contributed by atoms with Crippen LogP contribution in [-0.2, 0) is 11.3 Å². The van der Waals surface area contributed by atoms with E-state index in [1.807, 2.05) is 13.8 Å². The smallest absolute Gasteiger partial charge is 0.258 e. The maximum absolute atomic E-state index is 13.0. The second kappa shape index (κ2) is 9.17. The van der Waals surface area contributed by atoms with Gasteiger partial charge >= 0.3 is 0 Å². The average molecular weight is 488 g/mol. The first-order chi connectivity index (χ1) is 15.3. The summed E-state index contributed by atoms with van der Waals surface area (Å²) in [5.41, 5.74) is 1.42. The lowest BCUT2D eigenvalue weighted by atomic mass is 10.2. The molecule has 0 aliphatic rings. The van der Waals surface area contributed by atoms with Gasteiger partial charge in [-0.15, -0.1) is 11.3 Å². The average Bonchev–Trinajstić information content (AvgIpc) is 3.02. The molecule has 32 heavy (non-hydrogen) atoms. The zero-order valence-corrected chi connectivity index (χ0v) is 20.5. The normalized spacial score (nSPS) is 11.4. The molecule has 0 fully saturated rings. The number of amides is 1. The van der Waals surface area contributed by atoms with E-state index in [0.717, 1.165) is 20.8 Å². The first kappa shape index (κ1) is 22.7. The summed E-state index contributed by atoms with van der Waals surface area (Å²) in [5.74, 6) is 1.30. The Hall–Kier alpha value is -2.49. The first-order valence-corrected chi connectivity index (χ1v) is 12.3. The van der Waals surface area contributed by atoms with Gasteiger partial charge in [-0.2, -0.15) is 0 Å². The summed E-state index contributed by atoms with van der Waals surface area (Å²) in [6, 6.07) is 4.95. The molecule has 0 aliphatic carbocycles. The Morgan fingerprint density at radius 1 is 1.22 bits per heavy atom. The maximum atomic E-state index is 13.0. The third-order valence-corrected chi connectivity index (χ3v) is 7.53. The molecule has 3 aromatic heterocycles. The number of aromatic nitrogens is 4. The summed E-state index contributed by atoms with van der Waals surface area (Å²) < 4.78 is 0. The minimum absolute atomic E-state index is 0.0552. The van der Waals surface area contributed by atoms with Crippen LogP contribution < -0.4 is 5.56 Å². The van der Waals surface area contributed by atoms with Crippen LogP contribution in [0.15, 0.2) is 28.0 Å². The highest BCUT2D eigenvalue weighted by atomic mass is 35.5. The van der Waals surface area contributed by atoms with Gasteiger partial charge in [-0.3, -0.25) is 9.59 Å². The van der Waals surface area contributed by atoms with Gasteiger partial charge in [0.25, 0.3) is 5.56 Å². The van der Waals surface area contributed by atoms with Crippen LogP contribution in [0.2, 0.25) is 5.02 Å². The van der Waals surface area contributed by atoms with Crippen molar-refractivity contribution in [2.45, 2.75) is 39.3 Å². The zero-order valence-electron chi connectivity index (χ0n) is 18.2. The number of aryl methyl sites for hydroxylation is 3. The number of benzene rings is 1. The van der Waals surface area contributed by atoms with E-state index in [1.54, 1.807) is 34.4 Å². The van der Waals surface area contributed by atoms with Gasteiger partial charge in [-0.05, 0) is 51.5 Å². The first-order valence-electron chi connectivity index (χ1n) is 10.1. The molecule has 4 aromatic rings. The summed E-state index contributed by atoms with van der Waals surface area (Å²) in [5, 5.41) is 2.82. The summed E-state index contributed by atoms with van der Waals surface area (Å²) in [6.07, 6.45) is 0. The topological polar surface area (TPSA) is 91.8 Å². The van der Waals surface area contributed by atoms with Gasteiger partial charge in [0.15, 0.2) is 0 Å². The van der Waals surface area contributed by atoms with Crippen LogP contribution in [0.3, 0.4) is 0 Å². The summed E-state index contributed by atoms with van der Waals surface area (Å²) >= 11 is 9.10. The van der Waals surface area contributed by atoms with Crippen molar-refractivity contribution < 1.29 is 4.79 Å². The van der Waals surface area contributed by atoms with Gasteiger partial charge in [0.1, 0.15) is 21.5 Å². The Balaban J connectivity index is 1.54. The molecule has 7 nitrogen and oxygen atoms in total. The lowest BCUT2D eigenvalue weighted by molar-refractivity contribution is -0.128. The highest BCUT2D eigenvalue weighted by Gasteiger charge is 2.18. The Kier molecular flexibility index (Phi) is 6.50. The van der Waals surface area contributed by atoms with Gasteiger partial charge < -0.3 is 9.88 Å². The van der Waals surface area contributed by atoms with Gasteiger partial charge in [-0.25, -0.2) is 15.0 Å². The highest BCUT2D eigenvalue weighted by molar-refractivity contribution is 8.00. The maximum Gasteiger partial charge on any atom is 0.258 e. The van der Waals surface area contributed by atoms with E-state index in [0.29, 0.717) is 34.1 Å². The molecule has 0 unspecified atom stereocenters. The number of fused-ring (bicyclic) bond motifs is 2. The number of rotatable bonds is 6. The third-order valence-electron chi connectivity index (χ3n) is 5.23. The molecule has 0 spiro atoms. The van der Waals surface area contributed by atoms with E-state index >= 15 is 0 Å². The Morgan fingerprint density at radius 2 is 2.00 bits per heavy atom. The second-order valence-electron chi connectivity index (χ2n) is 7.41. The Labute approximate surface area is 198 Å². The van der Waals surface area contributed by atoms with Crippen LogP contribution in [-0.4, -0.2) is 43.0 Å². The molecule has 10 heteroatoms. The molecule has 0 radical (unpaired) electrons. The molecule has 1 aromatic carbocycles. The number of hydrogen-bond donors (Lipinski definition) is 1. The van der Waals surface area contributed by atoms with Crippen molar-refractivity contribution in [2.24, 2.45) is 0 Å². The molecular formula is C22H22ClN5O2S2. The number of nitrogens with zero attached hydrogens (tertiary/aromatic N) is 4. The minimum Gasteiger partial charge on any atom is -0.335 e. The monoisotopic (exact) mass is 487 g/mol. The van der Waals surface area contributed by atoms with Crippen molar-refractivity contribution in [1.82, 2.24) is 24.8 Å². The van der Waals surface area contributed by atoms with Gasteiger partial charge in [0.05, 0.1) is 23.2 Å². The van der Waals surface area contributed by atoms with E-state index in [2.05, 4.69) is 33.8 Å². The summed E-state index contributed by atoms with van der Waals surface area (Å²) in [4.78, 5) is 45.6. The van der Waals surface area contributed by atoms with Gasteiger partial charge in [0.2, 0.25) is 5.91 Å². The largest absolute Gasteiger partial charge is 0.335 e. The van der Waals surface area contributed by atoms with Crippen molar-refractivity contribution in [2.75, 3.05) is 12.3 Å². The van der Waals surface area contributed by atoms with E-state index < -0.39 is 0 Å². The molecule has 0 bridgehead atoms. The molecule has 0 saturated heterocycles. The number of halogens is 1. The number of H-pyrrole nitrogens is 1. The standard InChI is InChI=1S/C22H22ClN5O2S2/c1-5-28(9-17-26-16-8-14(23)6-7-15(16)20(30)27-17)18(29)10-31-21-19-11(2)12(3)32-22(19)25-13(4)24-21/h6-8H,5,9-10H2,1-4H3,(H,26,27,30). The fourth-order valence-corrected chi connectivity index (χ4v) is 5.77. The molecular weight excluding hydrogens is 466 g/mol. The van der Waals surface area contributed by atoms with E-state index in [9.17, 15) is 9.59 Å². The van der Waals surface area contributed by atoms with Crippen LogP contribution in [0.25, 0.3) is 21.1 Å². The number of thiophene rings is 1. The number of aromatic amines is 1. The van der Waals surface area contributed by atoms with Gasteiger partial charge in [-0.1, -0.05) is 23.4 Å². The quantitative estimate of drug-likeness (QED) is 0.314. The number of carbonyl (C=O) groups excluding carboxylic acids is 1. The zero-order chi connectivity index (χ0) is 23.0. The number of carbonyl (C=O) groups is 1. The van der Waals surface area contributed by atoms with Crippen molar-refractivity contribution in [1.29, 1.82) is 0 Å². The van der Waals surface area contributed by atoms with E-state index in [1.165, 1.54) is 16.6 Å². The molecule has 1 N–H and O–H groups in total. The number of hydrogen-bond acceptors (Lipinski definition) is 7. The Bertz CT molecular complexity index is 1400. The van der Waals surface area contributed by atoms with Crippen molar-refractivity contribution in [3.63, 3.8) is 0 Å². The SMILES string of the molecule is CCN(Cc1nc2cc(Cl)ccc2c(=O)[nH]1)C(=O)CSc1nc(C)nc2sc(C)c(C)c12. The predicted molar refractivity (Wildman–Crippen MR) is 131 cm³/mol. The predicted octanol–water partition coefficient (Wildman–Crippen LogP) is 4.65. The molecule has 0 atom stereocenters. The molecule has 166 valence electrons. The van der Waals surface area contributed by atoms with Crippen molar-refractivity contribution in [3.05, 3.63) is 55.7 Å². The molecule has 0 saturated carbocycles. The second-order valence-corrected chi connectivity index (χ2v) is 10.0. The number of thioether (sulfide) groups is 1. The van der Waals surface area contributed by atoms with Crippen LogP contribution in [0.1, 0.15) is 29.0 Å². The van der Waals surface area contributed by atoms with E-state index in [-0.39, 0.29) is 23.8 Å². The van der Waals surface area contributed by atoms with Crippen LogP contribution >= 0.6 is 34.7 Å². The molecule has 0 aliphatic heterocycles. The fourth-order valence-electron chi connectivity index (χ4n) is 3.43. The van der Waals surface area contributed by atoms with Gasteiger partial charge in [0, 0.05) is 21.8 Å². The molecule has 4 rings (SSSR count). The van der Waals surface area contributed by atoms with E-state index in [4.69, 9.17) is 11.6 Å².